The van der Waals surface area contributed by atoms with Crippen molar-refractivity contribution in [2.24, 2.45) is 0 Å². The van der Waals surface area contributed by atoms with Crippen LogP contribution in [0.5, 0.6) is 0 Å². The normalized spacial score (nSPS) is 12.8. The van der Waals surface area contributed by atoms with Crippen LogP contribution in [0, 0.1) is 0 Å². The number of benzene rings is 1. The third kappa shape index (κ3) is 3.96. The molecule has 1 atom stereocenters. The van der Waals surface area contributed by atoms with Crippen LogP contribution in [0.25, 0.3) is 0 Å². The Morgan fingerprint density at radius 1 is 1.32 bits per heavy atom. The third-order valence-corrected chi connectivity index (χ3v) is 4.60. The summed E-state index contributed by atoms with van der Waals surface area (Å²) < 4.78 is 37.0. The van der Waals surface area contributed by atoms with E-state index in [-0.39, 0.29) is 16.5 Å². The van der Waals surface area contributed by atoms with E-state index in [9.17, 15) is 13.2 Å². The molecule has 0 fully saturated rings. The molecule has 22 heavy (non-hydrogen) atoms. The number of methoxy groups -OCH3 is 1. The Morgan fingerprint density at radius 3 is 2.73 bits per heavy atom. The second-order valence-electron chi connectivity index (χ2n) is 4.83. The second-order valence-corrected chi connectivity index (χ2v) is 6.54. The molecule has 0 saturated carbocycles. The quantitative estimate of drug-likeness (QED) is 0.822. The summed E-state index contributed by atoms with van der Waals surface area (Å²) in [5, 5.41) is 0. The van der Waals surface area contributed by atoms with E-state index in [0.29, 0.717) is 12.2 Å². The molecule has 0 spiro atoms. The highest BCUT2D eigenvalue weighted by Gasteiger charge is 2.19. The molecule has 1 N–H and O–H groups in total. The zero-order valence-corrected chi connectivity index (χ0v) is 13.1. The van der Waals surface area contributed by atoms with Crippen LogP contribution in [0.3, 0.4) is 0 Å². The predicted octanol–water partition coefficient (Wildman–Crippen LogP) is 1.98. The van der Waals surface area contributed by atoms with Gasteiger partial charge >= 0.3 is 5.97 Å². The lowest BCUT2D eigenvalue weighted by Crippen LogP contribution is -2.34. The van der Waals surface area contributed by atoms with Gasteiger partial charge in [-0.1, -0.05) is 6.07 Å². The lowest BCUT2D eigenvalue weighted by atomic mass is 10.2. The lowest BCUT2D eigenvalue weighted by molar-refractivity contribution is 0.0600. The highest BCUT2D eigenvalue weighted by atomic mass is 32.2. The molecule has 2 aromatic rings. The molecule has 0 amide bonds. The molecule has 7 heteroatoms. The standard InChI is InChI=1S/C15H17NO5S/c1-11(9-13-6-4-8-21-13)16-22(18,19)14-7-3-5-12(10-14)15(17)20-2/h3-8,10-11,16H,9H2,1-2H3. The summed E-state index contributed by atoms with van der Waals surface area (Å²) >= 11 is 0. The van der Waals surface area contributed by atoms with Gasteiger partial charge in [0, 0.05) is 12.5 Å². The predicted molar refractivity (Wildman–Crippen MR) is 80.0 cm³/mol. The maximum absolute atomic E-state index is 12.3. The zero-order valence-electron chi connectivity index (χ0n) is 12.3. The number of nitrogens with one attached hydrogen (secondary N) is 1. The van der Waals surface area contributed by atoms with Gasteiger partial charge in [-0.15, -0.1) is 0 Å². The Balaban J connectivity index is 2.14. The number of sulfonamides is 1. The van der Waals surface area contributed by atoms with Crippen molar-refractivity contribution in [1.29, 1.82) is 0 Å². The first-order chi connectivity index (χ1) is 10.4. The minimum absolute atomic E-state index is 0.0155. The molecular weight excluding hydrogens is 306 g/mol. The van der Waals surface area contributed by atoms with Crippen LogP contribution in [0.2, 0.25) is 0 Å². The summed E-state index contributed by atoms with van der Waals surface area (Å²) in [4.78, 5) is 11.5. The smallest absolute Gasteiger partial charge is 0.337 e. The molecule has 1 aromatic carbocycles. The van der Waals surface area contributed by atoms with Gasteiger partial charge in [-0.2, -0.15) is 0 Å². The van der Waals surface area contributed by atoms with E-state index in [4.69, 9.17) is 4.42 Å². The fraction of sp³-hybridized carbons (Fsp3) is 0.267. The van der Waals surface area contributed by atoms with Crippen LogP contribution in [0.1, 0.15) is 23.0 Å². The van der Waals surface area contributed by atoms with Gasteiger partial charge in [-0.25, -0.2) is 17.9 Å². The summed E-state index contributed by atoms with van der Waals surface area (Å²) in [5.74, 6) is 0.110. The molecule has 1 heterocycles. The second kappa shape index (κ2) is 6.76. The molecule has 118 valence electrons. The monoisotopic (exact) mass is 323 g/mol. The molecule has 0 radical (unpaired) electrons. The summed E-state index contributed by atoms with van der Waals surface area (Å²) in [7, 11) is -2.48. The Labute approximate surface area is 129 Å². The SMILES string of the molecule is COC(=O)c1cccc(S(=O)(=O)NC(C)Cc2ccco2)c1. The molecule has 0 aliphatic heterocycles. The van der Waals surface area contributed by atoms with Gasteiger partial charge in [-0.05, 0) is 37.3 Å². The van der Waals surface area contributed by atoms with E-state index < -0.39 is 16.0 Å². The van der Waals surface area contributed by atoms with Crippen molar-refractivity contribution < 1.29 is 22.4 Å². The van der Waals surface area contributed by atoms with Crippen molar-refractivity contribution in [1.82, 2.24) is 4.72 Å². The van der Waals surface area contributed by atoms with E-state index in [1.54, 1.807) is 19.1 Å². The van der Waals surface area contributed by atoms with Gasteiger partial charge in [0.05, 0.1) is 23.8 Å². The van der Waals surface area contributed by atoms with Gasteiger partial charge in [-0.3, -0.25) is 0 Å². The first kappa shape index (κ1) is 16.3. The van der Waals surface area contributed by atoms with Crippen LogP contribution >= 0.6 is 0 Å². The molecule has 0 aliphatic rings. The summed E-state index contributed by atoms with van der Waals surface area (Å²) in [6, 6.07) is 8.88. The first-order valence-corrected chi connectivity index (χ1v) is 8.14. The van der Waals surface area contributed by atoms with Gasteiger partial charge in [0.15, 0.2) is 0 Å². The van der Waals surface area contributed by atoms with Gasteiger partial charge < -0.3 is 9.15 Å². The number of esters is 1. The molecule has 0 saturated heterocycles. The van der Waals surface area contributed by atoms with Crippen molar-refractivity contribution >= 4 is 16.0 Å². The average molecular weight is 323 g/mol. The fourth-order valence-corrected chi connectivity index (χ4v) is 3.30. The number of carbonyl (C=O) groups is 1. The number of rotatable bonds is 6. The van der Waals surface area contributed by atoms with Gasteiger partial charge in [0.2, 0.25) is 10.0 Å². The third-order valence-electron chi connectivity index (χ3n) is 3.01. The van der Waals surface area contributed by atoms with Crippen LogP contribution in [-0.4, -0.2) is 27.5 Å². The van der Waals surface area contributed by atoms with Crippen molar-refractivity contribution in [3.63, 3.8) is 0 Å². The van der Waals surface area contributed by atoms with Crippen molar-refractivity contribution in [3.8, 4) is 0 Å². The summed E-state index contributed by atoms with van der Waals surface area (Å²) in [6.45, 7) is 1.74. The topological polar surface area (TPSA) is 85.6 Å². The average Bonchev–Trinajstić information content (AvgIpc) is 2.98. The molecule has 0 bridgehead atoms. The van der Waals surface area contributed by atoms with E-state index in [1.807, 2.05) is 0 Å². The van der Waals surface area contributed by atoms with Crippen LogP contribution in [0.4, 0.5) is 0 Å². The molecule has 6 nitrogen and oxygen atoms in total. The zero-order chi connectivity index (χ0) is 16.2. The highest BCUT2D eigenvalue weighted by Crippen LogP contribution is 2.14. The van der Waals surface area contributed by atoms with Gasteiger partial charge in [0.25, 0.3) is 0 Å². The largest absolute Gasteiger partial charge is 0.469 e. The van der Waals surface area contributed by atoms with Crippen LogP contribution in [-0.2, 0) is 21.2 Å². The van der Waals surface area contributed by atoms with E-state index >= 15 is 0 Å². The Morgan fingerprint density at radius 2 is 2.09 bits per heavy atom. The van der Waals surface area contributed by atoms with Crippen molar-refractivity contribution in [2.45, 2.75) is 24.3 Å². The Kier molecular flexibility index (Phi) is 4.99. The van der Waals surface area contributed by atoms with Crippen molar-refractivity contribution in [3.05, 3.63) is 54.0 Å². The van der Waals surface area contributed by atoms with Gasteiger partial charge in [0.1, 0.15) is 5.76 Å². The number of hydrogen-bond acceptors (Lipinski definition) is 5. The van der Waals surface area contributed by atoms with E-state index in [0.717, 1.165) is 0 Å². The lowest BCUT2D eigenvalue weighted by Gasteiger charge is -2.13. The number of carbonyl (C=O) groups excluding carboxylic acids is 1. The molecule has 0 aliphatic carbocycles. The van der Waals surface area contributed by atoms with E-state index in [1.165, 1.54) is 37.6 Å². The number of hydrogen-bond donors (Lipinski definition) is 1. The highest BCUT2D eigenvalue weighted by molar-refractivity contribution is 7.89. The van der Waals surface area contributed by atoms with Crippen LogP contribution < -0.4 is 4.72 Å². The van der Waals surface area contributed by atoms with Crippen LogP contribution in [0.15, 0.2) is 52.0 Å². The number of ether oxygens (including phenoxy) is 1. The maximum Gasteiger partial charge on any atom is 0.337 e. The number of furan rings is 1. The minimum Gasteiger partial charge on any atom is -0.469 e. The maximum atomic E-state index is 12.3. The van der Waals surface area contributed by atoms with Crippen molar-refractivity contribution in [2.75, 3.05) is 7.11 Å². The molecule has 1 unspecified atom stereocenters. The first-order valence-electron chi connectivity index (χ1n) is 6.65. The van der Waals surface area contributed by atoms with E-state index in [2.05, 4.69) is 9.46 Å². The fourth-order valence-electron chi connectivity index (χ4n) is 2.01. The molecule has 2 rings (SSSR count). The summed E-state index contributed by atoms with van der Waals surface area (Å²) in [5.41, 5.74) is 0.184. The Bertz CT molecular complexity index is 737. The molecule has 1 aromatic heterocycles. The summed E-state index contributed by atoms with van der Waals surface area (Å²) in [6.07, 6.45) is 1.97. The minimum atomic E-state index is -3.73. The Hall–Kier alpha value is -2.12. The molecular formula is C15H17NO5S.